The van der Waals surface area contributed by atoms with Crippen molar-refractivity contribution in [3.8, 4) is 0 Å². The van der Waals surface area contributed by atoms with Crippen molar-refractivity contribution in [3.05, 3.63) is 54.4 Å². The molecule has 0 fully saturated rings. The van der Waals surface area contributed by atoms with E-state index in [9.17, 15) is 4.79 Å². The van der Waals surface area contributed by atoms with Crippen molar-refractivity contribution >= 4 is 5.91 Å². The van der Waals surface area contributed by atoms with Gasteiger partial charge in [-0.1, -0.05) is 30.3 Å². The second kappa shape index (κ2) is 8.34. The zero-order valence-corrected chi connectivity index (χ0v) is 13.2. The zero-order valence-electron chi connectivity index (χ0n) is 13.2. The number of benzene rings is 1. The molecule has 0 aliphatic heterocycles. The third kappa shape index (κ3) is 5.33. The zero-order chi connectivity index (χ0) is 15.8. The van der Waals surface area contributed by atoms with Crippen molar-refractivity contribution in [1.82, 2.24) is 20.4 Å². The molecule has 0 unspecified atom stereocenters. The quantitative estimate of drug-likeness (QED) is 0.785. The lowest BCUT2D eigenvalue weighted by Gasteiger charge is -2.16. The molecule has 0 saturated carbocycles. The number of aromatic nitrogens is 2. The summed E-state index contributed by atoms with van der Waals surface area (Å²) in [6, 6.07) is 12.2. The Labute approximate surface area is 131 Å². The van der Waals surface area contributed by atoms with Gasteiger partial charge in [0.15, 0.2) is 0 Å². The number of nitrogens with zero attached hydrogens (tertiary/aromatic N) is 2. The smallest absolute Gasteiger partial charge is 0.221 e. The van der Waals surface area contributed by atoms with Crippen molar-refractivity contribution in [2.45, 2.75) is 38.9 Å². The summed E-state index contributed by atoms with van der Waals surface area (Å²) in [5.41, 5.74) is 1.12. The third-order valence-corrected chi connectivity index (χ3v) is 3.54. The van der Waals surface area contributed by atoms with Crippen LogP contribution in [0.4, 0.5) is 0 Å². The highest BCUT2D eigenvalue weighted by Gasteiger charge is 2.09. The van der Waals surface area contributed by atoms with Gasteiger partial charge in [0.05, 0.1) is 12.6 Å². The predicted octanol–water partition coefficient (Wildman–Crippen LogP) is 2.13. The maximum Gasteiger partial charge on any atom is 0.221 e. The highest BCUT2D eigenvalue weighted by atomic mass is 16.1. The van der Waals surface area contributed by atoms with E-state index in [0.717, 1.165) is 12.1 Å². The first kappa shape index (κ1) is 16.2. The molecule has 0 spiro atoms. The van der Waals surface area contributed by atoms with Crippen LogP contribution >= 0.6 is 0 Å². The molecule has 1 aromatic carbocycles. The molecule has 2 N–H and O–H groups in total. The molecule has 2 aromatic rings. The van der Waals surface area contributed by atoms with Gasteiger partial charge < -0.3 is 10.6 Å². The van der Waals surface area contributed by atoms with E-state index < -0.39 is 0 Å². The van der Waals surface area contributed by atoms with E-state index in [1.807, 2.05) is 54.2 Å². The molecule has 0 aliphatic rings. The molecule has 22 heavy (non-hydrogen) atoms. The van der Waals surface area contributed by atoms with Crippen molar-refractivity contribution in [2.24, 2.45) is 0 Å². The van der Waals surface area contributed by atoms with Crippen LogP contribution in [-0.2, 0) is 11.3 Å². The lowest BCUT2D eigenvalue weighted by molar-refractivity contribution is -0.121. The summed E-state index contributed by atoms with van der Waals surface area (Å²) in [6.45, 7) is 5.55. The van der Waals surface area contributed by atoms with Gasteiger partial charge in [-0.3, -0.25) is 9.48 Å². The van der Waals surface area contributed by atoms with Crippen LogP contribution in [0, 0.1) is 0 Å². The predicted molar refractivity (Wildman–Crippen MR) is 87.3 cm³/mol. The number of hydrogen-bond donors (Lipinski definition) is 2. The van der Waals surface area contributed by atoms with Gasteiger partial charge in [-0.2, -0.15) is 5.10 Å². The molecular formula is C17H24N4O. The molecule has 2 rings (SSSR count). The summed E-state index contributed by atoms with van der Waals surface area (Å²) in [6.07, 6.45) is 4.18. The Hall–Kier alpha value is -2.14. The highest BCUT2D eigenvalue weighted by molar-refractivity contribution is 5.76. The van der Waals surface area contributed by atoms with Crippen molar-refractivity contribution in [3.63, 3.8) is 0 Å². The fourth-order valence-corrected chi connectivity index (χ4v) is 2.32. The molecule has 2 atom stereocenters. The Kier molecular flexibility index (Phi) is 6.15. The number of carbonyl (C=O) groups excluding carboxylic acids is 1. The van der Waals surface area contributed by atoms with Crippen LogP contribution in [0.25, 0.3) is 0 Å². The highest BCUT2D eigenvalue weighted by Crippen LogP contribution is 2.10. The molecule has 0 saturated heterocycles. The first-order valence-electron chi connectivity index (χ1n) is 7.70. The number of carbonyl (C=O) groups is 1. The van der Waals surface area contributed by atoms with Crippen LogP contribution in [0.15, 0.2) is 48.8 Å². The summed E-state index contributed by atoms with van der Waals surface area (Å²) in [7, 11) is 0. The van der Waals surface area contributed by atoms with Crippen LogP contribution in [0.1, 0.15) is 31.9 Å². The molecule has 118 valence electrons. The average molecular weight is 300 g/mol. The monoisotopic (exact) mass is 300 g/mol. The minimum Gasteiger partial charge on any atom is -0.350 e. The minimum absolute atomic E-state index is 0.0372. The lowest BCUT2D eigenvalue weighted by Crippen LogP contribution is -2.35. The largest absolute Gasteiger partial charge is 0.350 e. The molecule has 0 aliphatic carbocycles. The van der Waals surface area contributed by atoms with Gasteiger partial charge in [0.2, 0.25) is 5.91 Å². The van der Waals surface area contributed by atoms with E-state index in [-0.39, 0.29) is 18.0 Å². The van der Waals surface area contributed by atoms with Gasteiger partial charge in [0.1, 0.15) is 0 Å². The second-order valence-electron chi connectivity index (χ2n) is 5.53. The topological polar surface area (TPSA) is 59.0 Å². The fraction of sp³-hybridized carbons (Fsp3) is 0.412. The minimum atomic E-state index is 0.0372. The van der Waals surface area contributed by atoms with Crippen LogP contribution in [-0.4, -0.2) is 28.3 Å². The summed E-state index contributed by atoms with van der Waals surface area (Å²) < 4.78 is 1.88. The van der Waals surface area contributed by atoms with E-state index >= 15 is 0 Å². The van der Waals surface area contributed by atoms with Crippen molar-refractivity contribution in [1.29, 1.82) is 0 Å². The van der Waals surface area contributed by atoms with Gasteiger partial charge in [-0.05, 0) is 25.5 Å². The van der Waals surface area contributed by atoms with Gasteiger partial charge >= 0.3 is 0 Å². The standard InChI is InChI=1S/C17H24N4O/c1-14(13-21-12-6-10-19-21)18-11-9-17(22)20-15(2)16-7-4-3-5-8-16/h3-8,10,12,14-15,18H,9,11,13H2,1-2H3,(H,20,22)/t14-,15-/m1/s1. The summed E-state index contributed by atoms with van der Waals surface area (Å²) in [4.78, 5) is 12.0. The van der Waals surface area contributed by atoms with Crippen molar-refractivity contribution < 1.29 is 4.79 Å². The number of rotatable bonds is 8. The van der Waals surface area contributed by atoms with Crippen LogP contribution in [0.5, 0.6) is 0 Å². The van der Waals surface area contributed by atoms with E-state index in [1.54, 1.807) is 6.20 Å². The number of hydrogen-bond acceptors (Lipinski definition) is 3. The first-order valence-corrected chi connectivity index (χ1v) is 7.70. The summed E-state index contributed by atoms with van der Waals surface area (Å²) >= 11 is 0. The van der Waals surface area contributed by atoms with Crippen LogP contribution in [0.3, 0.4) is 0 Å². The normalized spacial score (nSPS) is 13.5. The van der Waals surface area contributed by atoms with Crippen molar-refractivity contribution in [2.75, 3.05) is 6.54 Å². The lowest BCUT2D eigenvalue weighted by atomic mass is 10.1. The molecule has 1 aromatic heterocycles. The van der Waals surface area contributed by atoms with Gasteiger partial charge in [0.25, 0.3) is 0 Å². The molecule has 1 heterocycles. The second-order valence-corrected chi connectivity index (χ2v) is 5.53. The molecule has 0 radical (unpaired) electrons. The Morgan fingerprint density at radius 3 is 2.68 bits per heavy atom. The Balaban J connectivity index is 1.65. The van der Waals surface area contributed by atoms with E-state index in [2.05, 4.69) is 22.7 Å². The first-order chi connectivity index (χ1) is 10.6. The SMILES string of the molecule is C[C@H](Cn1cccn1)NCCC(=O)N[C@H](C)c1ccccc1. The Morgan fingerprint density at radius 1 is 1.23 bits per heavy atom. The molecule has 5 heteroatoms. The van der Waals surface area contributed by atoms with E-state index in [4.69, 9.17) is 0 Å². The Bertz CT molecular complexity index is 553. The van der Waals surface area contributed by atoms with Gasteiger partial charge in [-0.25, -0.2) is 0 Å². The van der Waals surface area contributed by atoms with E-state index in [0.29, 0.717) is 13.0 Å². The fourth-order valence-electron chi connectivity index (χ4n) is 2.32. The Morgan fingerprint density at radius 2 is 2.00 bits per heavy atom. The van der Waals surface area contributed by atoms with Crippen LogP contribution in [0.2, 0.25) is 0 Å². The van der Waals surface area contributed by atoms with Gasteiger partial charge in [0, 0.05) is 31.4 Å². The number of nitrogens with one attached hydrogen (secondary N) is 2. The summed E-state index contributed by atoms with van der Waals surface area (Å²) in [5.74, 6) is 0.0649. The maximum atomic E-state index is 12.0. The molecule has 0 bridgehead atoms. The molecule has 1 amide bonds. The summed E-state index contributed by atoms with van der Waals surface area (Å²) in [5, 5.41) is 10.5. The van der Waals surface area contributed by atoms with E-state index in [1.165, 1.54) is 0 Å². The molecule has 5 nitrogen and oxygen atoms in total. The maximum absolute atomic E-state index is 12.0. The third-order valence-electron chi connectivity index (χ3n) is 3.54. The number of amides is 1. The molecular weight excluding hydrogens is 276 g/mol. The average Bonchev–Trinajstić information content (AvgIpc) is 3.01. The van der Waals surface area contributed by atoms with Gasteiger partial charge in [-0.15, -0.1) is 0 Å². The van der Waals surface area contributed by atoms with Crippen LogP contribution < -0.4 is 10.6 Å².